The number of hydrogen-bond acceptors (Lipinski definition) is 5. The van der Waals surface area contributed by atoms with E-state index in [0.717, 1.165) is 0 Å². The van der Waals surface area contributed by atoms with Crippen molar-refractivity contribution < 1.29 is 14.6 Å². The quantitative estimate of drug-likeness (QED) is 0.405. The molecular weight excluding hydrogens is 246 g/mol. The Balaban J connectivity index is 2.63. The van der Waals surface area contributed by atoms with Gasteiger partial charge in [0.1, 0.15) is 0 Å². The normalized spacial score (nSPS) is 10.2. The van der Waals surface area contributed by atoms with Gasteiger partial charge in [-0.3, -0.25) is 4.79 Å². The Bertz CT molecular complexity index is 410. The van der Waals surface area contributed by atoms with E-state index >= 15 is 0 Å². The Morgan fingerprint density at radius 3 is 2.89 bits per heavy atom. The second kappa shape index (κ2) is 8.34. The third-order valence-electron chi connectivity index (χ3n) is 2.42. The number of anilines is 2. The number of hydrogen-bond donors (Lipinski definition) is 4. The lowest BCUT2D eigenvalue weighted by molar-refractivity contribution is 0.0955. The zero-order valence-electron chi connectivity index (χ0n) is 11.1. The van der Waals surface area contributed by atoms with Crippen LogP contribution in [0.25, 0.3) is 0 Å². The van der Waals surface area contributed by atoms with Gasteiger partial charge in [-0.2, -0.15) is 0 Å². The first-order valence-electron chi connectivity index (χ1n) is 6.29. The SMILES string of the molecule is CCNC(=O)c1ccc(N)cc1NCCOCCO. The first kappa shape index (κ1) is 15.3. The number of carbonyl (C=O) groups excluding carboxylic acids is 1. The van der Waals surface area contributed by atoms with Gasteiger partial charge in [0, 0.05) is 24.5 Å². The van der Waals surface area contributed by atoms with Gasteiger partial charge >= 0.3 is 0 Å². The monoisotopic (exact) mass is 267 g/mol. The van der Waals surface area contributed by atoms with Crippen molar-refractivity contribution in [3.63, 3.8) is 0 Å². The number of ether oxygens (including phenoxy) is 1. The second-order valence-electron chi connectivity index (χ2n) is 3.93. The topological polar surface area (TPSA) is 96.6 Å². The van der Waals surface area contributed by atoms with Crippen molar-refractivity contribution in [2.45, 2.75) is 6.92 Å². The van der Waals surface area contributed by atoms with Crippen molar-refractivity contribution in [2.24, 2.45) is 0 Å². The third kappa shape index (κ3) is 5.15. The highest BCUT2D eigenvalue weighted by Gasteiger charge is 2.10. The molecule has 1 amide bonds. The van der Waals surface area contributed by atoms with Crippen LogP contribution in [0.15, 0.2) is 18.2 Å². The van der Waals surface area contributed by atoms with E-state index in [9.17, 15) is 4.79 Å². The first-order chi connectivity index (χ1) is 9.19. The van der Waals surface area contributed by atoms with Gasteiger partial charge in [0.2, 0.25) is 0 Å². The van der Waals surface area contributed by atoms with Gasteiger partial charge < -0.3 is 26.2 Å². The molecule has 0 spiro atoms. The fourth-order valence-electron chi connectivity index (χ4n) is 1.59. The molecule has 19 heavy (non-hydrogen) atoms. The van der Waals surface area contributed by atoms with E-state index in [1.54, 1.807) is 18.2 Å². The minimum atomic E-state index is -0.138. The maximum absolute atomic E-state index is 11.9. The third-order valence-corrected chi connectivity index (χ3v) is 2.42. The lowest BCUT2D eigenvalue weighted by Crippen LogP contribution is -2.24. The summed E-state index contributed by atoms with van der Waals surface area (Å²) in [6.45, 7) is 3.73. The molecule has 106 valence electrons. The Kier molecular flexibility index (Phi) is 6.70. The molecule has 6 nitrogen and oxygen atoms in total. The molecule has 0 bridgehead atoms. The zero-order chi connectivity index (χ0) is 14.1. The molecular formula is C13H21N3O3. The van der Waals surface area contributed by atoms with E-state index in [-0.39, 0.29) is 12.5 Å². The maximum Gasteiger partial charge on any atom is 0.253 e. The number of rotatable bonds is 8. The van der Waals surface area contributed by atoms with Gasteiger partial charge in [-0.25, -0.2) is 0 Å². The van der Waals surface area contributed by atoms with Crippen molar-refractivity contribution in [1.29, 1.82) is 0 Å². The average Bonchev–Trinajstić information content (AvgIpc) is 2.39. The van der Waals surface area contributed by atoms with Crippen LogP contribution in [-0.2, 0) is 4.74 Å². The van der Waals surface area contributed by atoms with Crippen molar-refractivity contribution in [2.75, 3.05) is 44.0 Å². The summed E-state index contributed by atoms with van der Waals surface area (Å²) in [5, 5.41) is 14.4. The highest BCUT2D eigenvalue weighted by atomic mass is 16.5. The van der Waals surface area contributed by atoms with Gasteiger partial charge in [0.15, 0.2) is 0 Å². The number of carbonyl (C=O) groups is 1. The Morgan fingerprint density at radius 1 is 1.42 bits per heavy atom. The van der Waals surface area contributed by atoms with Crippen LogP contribution in [-0.4, -0.2) is 43.9 Å². The first-order valence-corrected chi connectivity index (χ1v) is 6.29. The molecule has 1 aromatic rings. The summed E-state index contributed by atoms with van der Waals surface area (Å²) in [7, 11) is 0. The van der Waals surface area contributed by atoms with Crippen LogP contribution < -0.4 is 16.4 Å². The van der Waals surface area contributed by atoms with E-state index < -0.39 is 0 Å². The molecule has 1 aromatic carbocycles. The molecule has 0 aromatic heterocycles. The lowest BCUT2D eigenvalue weighted by atomic mass is 10.1. The number of nitrogen functional groups attached to an aromatic ring is 1. The molecule has 0 unspecified atom stereocenters. The molecule has 5 N–H and O–H groups in total. The highest BCUT2D eigenvalue weighted by Crippen LogP contribution is 2.19. The molecule has 0 fully saturated rings. The summed E-state index contributed by atoms with van der Waals surface area (Å²) in [5.41, 5.74) is 7.54. The van der Waals surface area contributed by atoms with Crippen LogP contribution in [0.2, 0.25) is 0 Å². The van der Waals surface area contributed by atoms with E-state index in [0.29, 0.717) is 43.2 Å². The van der Waals surface area contributed by atoms with Crippen LogP contribution in [0.1, 0.15) is 17.3 Å². The summed E-state index contributed by atoms with van der Waals surface area (Å²) in [6.07, 6.45) is 0. The maximum atomic E-state index is 11.9. The number of benzene rings is 1. The number of aliphatic hydroxyl groups excluding tert-OH is 1. The summed E-state index contributed by atoms with van der Waals surface area (Å²) >= 11 is 0. The van der Waals surface area contributed by atoms with Gasteiger partial charge in [0.25, 0.3) is 5.91 Å². The molecule has 6 heteroatoms. The molecule has 0 saturated carbocycles. The van der Waals surface area contributed by atoms with Gasteiger partial charge in [-0.1, -0.05) is 0 Å². The molecule has 0 radical (unpaired) electrons. The fraction of sp³-hybridized carbons (Fsp3) is 0.462. The number of nitrogens with one attached hydrogen (secondary N) is 2. The smallest absolute Gasteiger partial charge is 0.253 e. The summed E-state index contributed by atoms with van der Waals surface area (Å²) in [6, 6.07) is 5.10. The number of nitrogens with two attached hydrogens (primary N) is 1. The van der Waals surface area contributed by atoms with Gasteiger partial charge in [-0.05, 0) is 25.1 Å². The van der Waals surface area contributed by atoms with Gasteiger partial charge in [-0.15, -0.1) is 0 Å². The fourth-order valence-corrected chi connectivity index (χ4v) is 1.59. The van der Waals surface area contributed by atoms with Crippen LogP contribution >= 0.6 is 0 Å². The van der Waals surface area contributed by atoms with Crippen molar-refractivity contribution >= 4 is 17.3 Å². The molecule has 0 aliphatic carbocycles. The van der Waals surface area contributed by atoms with Crippen molar-refractivity contribution in [3.05, 3.63) is 23.8 Å². The Labute approximate surface area is 112 Å². The van der Waals surface area contributed by atoms with Crippen molar-refractivity contribution in [3.8, 4) is 0 Å². The van der Waals surface area contributed by atoms with Gasteiger partial charge in [0.05, 0.1) is 25.4 Å². The van der Waals surface area contributed by atoms with E-state index in [2.05, 4.69) is 10.6 Å². The van der Waals surface area contributed by atoms with Crippen LogP contribution in [0.3, 0.4) is 0 Å². The molecule has 0 aliphatic heterocycles. The molecule has 1 rings (SSSR count). The summed E-state index contributed by atoms with van der Waals surface area (Å²) in [5.74, 6) is -0.138. The predicted octanol–water partition coefficient (Wildman–Crippen LogP) is 0.439. The molecule has 0 aliphatic rings. The predicted molar refractivity (Wildman–Crippen MR) is 75.3 cm³/mol. The molecule has 0 heterocycles. The minimum absolute atomic E-state index is 0.00242. The average molecular weight is 267 g/mol. The highest BCUT2D eigenvalue weighted by molar-refractivity contribution is 6.00. The minimum Gasteiger partial charge on any atom is -0.399 e. The van der Waals surface area contributed by atoms with Crippen LogP contribution in [0.5, 0.6) is 0 Å². The molecule has 0 atom stereocenters. The number of amides is 1. The van der Waals surface area contributed by atoms with Crippen LogP contribution in [0, 0.1) is 0 Å². The van der Waals surface area contributed by atoms with E-state index in [1.807, 2.05) is 6.92 Å². The standard InChI is InChI=1S/C13H21N3O3/c1-2-15-13(18)11-4-3-10(14)9-12(11)16-5-7-19-8-6-17/h3-4,9,16-17H,2,5-8,14H2,1H3,(H,15,18). The second-order valence-corrected chi connectivity index (χ2v) is 3.93. The Hall–Kier alpha value is -1.79. The van der Waals surface area contributed by atoms with Crippen molar-refractivity contribution in [1.82, 2.24) is 5.32 Å². The van der Waals surface area contributed by atoms with E-state index in [4.69, 9.17) is 15.6 Å². The molecule has 0 saturated heterocycles. The summed E-state index contributed by atoms with van der Waals surface area (Å²) < 4.78 is 5.14. The van der Waals surface area contributed by atoms with E-state index in [1.165, 1.54) is 0 Å². The lowest BCUT2D eigenvalue weighted by Gasteiger charge is -2.12. The largest absolute Gasteiger partial charge is 0.399 e. The zero-order valence-corrected chi connectivity index (χ0v) is 11.1. The van der Waals surface area contributed by atoms with Crippen LogP contribution in [0.4, 0.5) is 11.4 Å². The number of aliphatic hydroxyl groups is 1. The Morgan fingerprint density at radius 2 is 2.21 bits per heavy atom. The summed E-state index contributed by atoms with van der Waals surface area (Å²) in [4.78, 5) is 11.9.